The van der Waals surface area contributed by atoms with E-state index < -0.39 is 0 Å². The number of rotatable bonds is 9. The van der Waals surface area contributed by atoms with Crippen LogP contribution < -0.4 is 10.1 Å². The van der Waals surface area contributed by atoms with Gasteiger partial charge in [0.2, 0.25) is 0 Å². The molecule has 5 heteroatoms. The van der Waals surface area contributed by atoms with Crippen LogP contribution in [0.15, 0.2) is 54.6 Å². The molecule has 0 unspecified atom stereocenters. The third-order valence-electron chi connectivity index (χ3n) is 5.00. The zero-order chi connectivity index (χ0) is 20.5. The van der Waals surface area contributed by atoms with Crippen LogP contribution in [-0.4, -0.2) is 49.7 Å². The van der Waals surface area contributed by atoms with E-state index in [9.17, 15) is 4.79 Å². The fourth-order valence-electron chi connectivity index (χ4n) is 3.50. The largest absolute Gasteiger partial charge is 0.491 e. The van der Waals surface area contributed by atoms with E-state index in [-0.39, 0.29) is 18.1 Å². The summed E-state index contributed by atoms with van der Waals surface area (Å²) in [6, 6.07) is 17.7. The number of ether oxygens (including phenoxy) is 2. The molecule has 0 saturated carbocycles. The van der Waals surface area contributed by atoms with Crippen molar-refractivity contribution in [2.24, 2.45) is 0 Å². The first-order chi connectivity index (χ1) is 14.1. The van der Waals surface area contributed by atoms with Crippen LogP contribution in [0.3, 0.4) is 0 Å². The molecule has 1 aliphatic rings. The van der Waals surface area contributed by atoms with Gasteiger partial charge >= 0.3 is 0 Å². The molecule has 2 aromatic rings. The third-order valence-corrected chi connectivity index (χ3v) is 5.00. The van der Waals surface area contributed by atoms with E-state index in [1.54, 1.807) is 0 Å². The zero-order valence-electron chi connectivity index (χ0n) is 17.5. The van der Waals surface area contributed by atoms with E-state index in [0.29, 0.717) is 12.1 Å². The van der Waals surface area contributed by atoms with E-state index in [4.69, 9.17) is 9.47 Å². The van der Waals surface area contributed by atoms with Crippen LogP contribution >= 0.6 is 0 Å². The van der Waals surface area contributed by atoms with Gasteiger partial charge in [-0.1, -0.05) is 30.3 Å². The minimum absolute atomic E-state index is 0.0309. The number of hydrogen-bond donors (Lipinski definition) is 1. The molecule has 3 rings (SSSR count). The predicted octanol–water partition coefficient (Wildman–Crippen LogP) is 4.06. The topological polar surface area (TPSA) is 50.8 Å². The molecule has 5 nitrogen and oxygen atoms in total. The standard InChI is InChI=1S/C24H32N2O3/c1-19(2)29-22-12-10-21(11-13-22)24(27)25-14-6-7-15-26-16-17-28-23(18-26)20-8-4-3-5-9-20/h3-5,8-13,19,23H,6-7,14-18H2,1-2H3,(H,25,27)/t23-/m0/s1. The van der Waals surface area contributed by atoms with E-state index in [2.05, 4.69) is 34.5 Å². The normalized spacial score (nSPS) is 17.3. The molecule has 1 aliphatic heterocycles. The van der Waals surface area contributed by atoms with Crippen LogP contribution in [0, 0.1) is 0 Å². The van der Waals surface area contributed by atoms with Gasteiger partial charge in [0.15, 0.2) is 0 Å². The van der Waals surface area contributed by atoms with Gasteiger partial charge in [0.1, 0.15) is 5.75 Å². The van der Waals surface area contributed by atoms with Gasteiger partial charge in [-0.25, -0.2) is 0 Å². The lowest BCUT2D eigenvalue weighted by molar-refractivity contribution is -0.0303. The molecule has 1 saturated heterocycles. The maximum Gasteiger partial charge on any atom is 0.251 e. The van der Waals surface area contributed by atoms with E-state index in [0.717, 1.165) is 44.8 Å². The molecule has 0 aliphatic carbocycles. The average Bonchev–Trinajstić information content (AvgIpc) is 2.74. The van der Waals surface area contributed by atoms with Crippen molar-refractivity contribution in [2.75, 3.05) is 32.8 Å². The first-order valence-corrected chi connectivity index (χ1v) is 10.6. The lowest BCUT2D eigenvalue weighted by Gasteiger charge is -2.33. The Hall–Kier alpha value is -2.37. The summed E-state index contributed by atoms with van der Waals surface area (Å²) < 4.78 is 11.5. The summed E-state index contributed by atoms with van der Waals surface area (Å²) >= 11 is 0. The third kappa shape index (κ3) is 6.87. The van der Waals surface area contributed by atoms with Gasteiger partial charge in [0.25, 0.3) is 5.91 Å². The Morgan fingerprint density at radius 3 is 2.62 bits per heavy atom. The van der Waals surface area contributed by atoms with Crippen LogP contribution in [0.25, 0.3) is 0 Å². The fraction of sp³-hybridized carbons (Fsp3) is 0.458. The predicted molar refractivity (Wildman–Crippen MR) is 115 cm³/mol. The minimum atomic E-state index is -0.0309. The van der Waals surface area contributed by atoms with E-state index >= 15 is 0 Å². The quantitative estimate of drug-likeness (QED) is 0.650. The molecule has 1 amide bonds. The Bertz CT molecular complexity index is 746. The second-order valence-electron chi connectivity index (χ2n) is 7.72. The van der Waals surface area contributed by atoms with Crippen LogP contribution in [0.2, 0.25) is 0 Å². The van der Waals surface area contributed by atoms with Gasteiger partial charge in [-0.05, 0) is 63.1 Å². The Labute approximate surface area is 174 Å². The number of benzene rings is 2. The van der Waals surface area contributed by atoms with Gasteiger partial charge in [0.05, 0.1) is 18.8 Å². The summed E-state index contributed by atoms with van der Waals surface area (Å²) in [4.78, 5) is 14.7. The molecule has 0 bridgehead atoms. The van der Waals surface area contributed by atoms with Gasteiger partial charge in [-0.15, -0.1) is 0 Å². The lowest BCUT2D eigenvalue weighted by atomic mass is 10.1. The van der Waals surface area contributed by atoms with Crippen molar-refractivity contribution >= 4 is 5.91 Å². The zero-order valence-corrected chi connectivity index (χ0v) is 17.5. The van der Waals surface area contributed by atoms with Gasteiger partial charge in [-0.3, -0.25) is 9.69 Å². The molecule has 156 valence electrons. The molecule has 1 atom stereocenters. The minimum Gasteiger partial charge on any atom is -0.491 e. The van der Waals surface area contributed by atoms with Crippen molar-refractivity contribution in [3.63, 3.8) is 0 Å². The Morgan fingerprint density at radius 1 is 1.14 bits per heavy atom. The van der Waals surface area contributed by atoms with Gasteiger partial charge in [-0.2, -0.15) is 0 Å². The van der Waals surface area contributed by atoms with Crippen molar-refractivity contribution in [1.29, 1.82) is 0 Å². The summed E-state index contributed by atoms with van der Waals surface area (Å²) in [6.45, 7) is 8.37. The number of carbonyl (C=O) groups excluding carboxylic acids is 1. The second kappa shape index (κ2) is 11.0. The Morgan fingerprint density at radius 2 is 1.90 bits per heavy atom. The number of nitrogens with zero attached hydrogens (tertiary/aromatic N) is 1. The highest BCUT2D eigenvalue weighted by atomic mass is 16.5. The van der Waals surface area contributed by atoms with Crippen LogP contribution in [0.5, 0.6) is 5.75 Å². The van der Waals surface area contributed by atoms with Crippen LogP contribution in [0.1, 0.15) is 48.7 Å². The Kier molecular flexibility index (Phi) is 8.08. The van der Waals surface area contributed by atoms with Crippen LogP contribution in [0.4, 0.5) is 0 Å². The molecular weight excluding hydrogens is 364 g/mol. The average molecular weight is 397 g/mol. The summed E-state index contributed by atoms with van der Waals surface area (Å²) in [5.41, 5.74) is 1.91. The van der Waals surface area contributed by atoms with Crippen molar-refractivity contribution in [2.45, 2.75) is 38.9 Å². The summed E-state index contributed by atoms with van der Waals surface area (Å²) in [6.07, 6.45) is 2.31. The lowest BCUT2D eigenvalue weighted by Crippen LogP contribution is -2.39. The van der Waals surface area contributed by atoms with Gasteiger partial charge < -0.3 is 14.8 Å². The molecule has 1 N–H and O–H groups in total. The summed E-state index contributed by atoms with van der Waals surface area (Å²) in [5.74, 6) is 0.757. The monoisotopic (exact) mass is 396 g/mol. The molecule has 29 heavy (non-hydrogen) atoms. The number of carbonyl (C=O) groups is 1. The van der Waals surface area contributed by atoms with Crippen molar-refractivity contribution in [1.82, 2.24) is 10.2 Å². The molecule has 1 fully saturated rings. The number of hydrogen-bond acceptors (Lipinski definition) is 4. The van der Waals surface area contributed by atoms with E-state index in [1.807, 2.05) is 44.2 Å². The number of morpholine rings is 1. The summed E-state index contributed by atoms with van der Waals surface area (Å²) in [7, 11) is 0. The fourth-order valence-corrected chi connectivity index (χ4v) is 3.50. The van der Waals surface area contributed by atoms with Crippen LogP contribution in [-0.2, 0) is 4.74 Å². The number of nitrogens with one attached hydrogen (secondary N) is 1. The SMILES string of the molecule is CC(C)Oc1ccc(C(=O)NCCCCN2CCO[C@H](c3ccccc3)C2)cc1. The first kappa shape index (κ1) is 21.3. The second-order valence-corrected chi connectivity index (χ2v) is 7.72. The number of unbranched alkanes of at least 4 members (excludes halogenated alkanes) is 1. The Balaban J connectivity index is 1.33. The highest BCUT2D eigenvalue weighted by molar-refractivity contribution is 5.94. The summed E-state index contributed by atoms with van der Waals surface area (Å²) in [5, 5.41) is 3.01. The van der Waals surface area contributed by atoms with Crippen molar-refractivity contribution < 1.29 is 14.3 Å². The van der Waals surface area contributed by atoms with Crippen molar-refractivity contribution in [3.8, 4) is 5.75 Å². The molecule has 2 aromatic carbocycles. The van der Waals surface area contributed by atoms with Gasteiger partial charge in [0, 0.05) is 25.2 Å². The maximum atomic E-state index is 12.3. The van der Waals surface area contributed by atoms with Crippen molar-refractivity contribution in [3.05, 3.63) is 65.7 Å². The smallest absolute Gasteiger partial charge is 0.251 e. The molecule has 0 radical (unpaired) electrons. The highest BCUT2D eigenvalue weighted by Crippen LogP contribution is 2.22. The van der Waals surface area contributed by atoms with E-state index in [1.165, 1.54) is 5.56 Å². The molecule has 0 spiro atoms. The first-order valence-electron chi connectivity index (χ1n) is 10.6. The molecule has 0 aromatic heterocycles. The number of amides is 1. The molecular formula is C24H32N2O3. The highest BCUT2D eigenvalue weighted by Gasteiger charge is 2.21. The maximum absolute atomic E-state index is 12.3. The molecule has 1 heterocycles.